The molecule has 0 bridgehead atoms. The molecule has 2 aromatic rings. The summed E-state index contributed by atoms with van der Waals surface area (Å²) in [6.07, 6.45) is 1.99. The molecule has 1 amide bonds. The lowest BCUT2D eigenvalue weighted by molar-refractivity contribution is -0.157. The van der Waals surface area contributed by atoms with E-state index in [-0.39, 0.29) is 17.6 Å². The van der Waals surface area contributed by atoms with E-state index in [0.717, 1.165) is 11.3 Å². The first-order valence-corrected chi connectivity index (χ1v) is 7.71. The summed E-state index contributed by atoms with van der Waals surface area (Å²) >= 11 is 0. The number of carbonyl (C=O) groups is 1. The summed E-state index contributed by atoms with van der Waals surface area (Å²) in [5, 5.41) is 11.1. The molecular formula is C16H21N5O2. The van der Waals surface area contributed by atoms with E-state index < -0.39 is 0 Å². The molecule has 1 aromatic heterocycles. The van der Waals surface area contributed by atoms with Gasteiger partial charge in [-0.25, -0.2) is 4.68 Å². The summed E-state index contributed by atoms with van der Waals surface area (Å²) in [4.78, 5) is 14.4. The molecule has 0 N–H and O–H groups in total. The third-order valence-electron chi connectivity index (χ3n) is 3.83. The van der Waals surface area contributed by atoms with E-state index in [1.54, 1.807) is 4.68 Å². The molecule has 1 fully saturated rings. The average Bonchev–Trinajstić information content (AvgIpc) is 3.00. The van der Waals surface area contributed by atoms with Crippen molar-refractivity contribution in [2.45, 2.75) is 38.9 Å². The molecule has 3 rings (SSSR count). The van der Waals surface area contributed by atoms with Gasteiger partial charge in [0.25, 0.3) is 0 Å². The van der Waals surface area contributed by atoms with Crippen LogP contribution < -0.4 is 0 Å². The number of morpholine rings is 1. The molecule has 0 spiro atoms. The third kappa shape index (κ3) is 3.73. The van der Waals surface area contributed by atoms with Crippen LogP contribution in [-0.2, 0) is 16.0 Å². The van der Waals surface area contributed by atoms with Crippen molar-refractivity contribution in [3.63, 3.8) is 0 Å². The van der Waals surface area contributed by atoms with Gasteiger partial charge in [0.05, 0.1) is 23.8 Å². The number of rotatable bonds is 3. The second-order valence-corrected chi connectivity index (χ2v) is 6.56. The smallest absolute Gasteiger partial charge is 0.227 e. The van der Waals surface area contributed by atoms with Gasteiger partial charge in [-0.1, -0.05) is 12.1 Å². The number of ether oxygens (including phenoxy) is 1. The SMILES string of the molecule is C[C@H]1CN(C(=O)Cc2ccc(-n3cnnn3)cc2)CC(C)(C)O1. The summed E-state index contributed by atoms with van der Waals surface area (Å²) in [6.45, 7) is 7.31. The maximum Gasteiger partial charge on any atom is 0.227 e. The number of benzene rings is 1. The second kappa shape index (κ2) is 6.08. The van der Waals surface area contributed by atoms with Crippen molar-refractivity contribution in [1.29, 1.82) is 0 Å². The first kappa shape index (κ1) is 15.6. The van der Waals surface area contributed by atoms with Crippen LogP contribution in [0, 0.1) is 0 Å². The number of hydrogen-bond donors (Lipinski definition) is 0. The summed E-state index contributed by atoms with van der Waals surface area (Å²) in [6, 6.07) is 7.68. The summed E-state index contributed by atoms with van der Waals surface area (Å²) < 4.78 is 7.43. The summed E-state index contributed by atoms with van der Waals surface area (Å²) in [5.74, 6) is 0.128. The monoisotopic (exact) mass is 315 g/mol. The predicted molar refractivity (Wildman–Crippen MR) is 84.1 cm³/mol. The van der Waals surface area contributed by atoms with Crippen molar-refractivity contribution in [1.82, 2.24) is 25.1 Å². The first-order chi connectivity index (χ1) is 10.9. The molecule has 1 aliphatic heterocycles. The van der Waals surface area contributed by atoms with Gasteiger partial charge >= 0.3 is 0 Å². The Balaban J connectivity index is 1.66. The standard InChI is InChI=1S/C16H21N5O2/c1-12-9-20(10-16(2,3)23-12)15(22)8-13-4-6-14(7-5-13)21-11-17-18-19-21/h4-7,11-12H,8-10H2,1-3H3/t12-/m0/s1. The Bertz CT molecular complexity index is 666. The fraction of sp³-hybridized carbons (Fsp3) is 0.500. The molecule has 0 saturated carbocycles. The zero-order valence-corrected chi connectivity index (χ0v) is 13.6. The maximum atomic E-state index is 12.5. The van der Waals surface area contributed by atoms with Gasteiger partial charge < -0.3 is 9.64 Å². The number of hydrogen-bond acceptors (Lipinski definition) is 5. The molecule has 1 atom stereocenters. The molecule has 23 heavy (non-hydrogen) atoms. The van der Waals surface area contributed by atoms with Gasteiger partial charge in [0.2, 0.25) is 5.91 Å². The Morgan fingerprint density at radius 3 is 2.70 bits per heavy atom. The van der Waals surface area contributed by atoms with Crippen LogP contribution in [0.15, 0.2) is 30.6 Å². The number of tetrazole rings is 1. The normalized spacial score (nSPS) is 20.5. The van der Waals surface area contributed by atoms with Crippen molar-refractivity contribution >= 4 is 5.91 Å². The highest BCUT2D eigenvalue weighted by molar-refractivity contribution is 5.79. The molecule has 1 aromatic carbocycles. The van der Waals surface area contributed by atoms with E-state index >= 15 is 0 Å². The van der Waals surface area contributed by atoms with Crippen LogP contribution in [0.25, 0.3) is 5.69 Å². The molecule has 122 valence electrons. The van der Waals surface area contributed by atoms with Gasteiger partial charge in [0, 0.05) is 13.1 Å². The molecule has 0 radical (unpaired) electrons. The number of nitrogens with zero attached hydrogens (tertiary/aromatic N) is 5. The minimum atomic E-state index is -0.294. The fourth-order valence-electron chi connectivity index (χ4n) is 2.98. The Morgan fingerprint density at radius 2 is 2.09 bits per heavy atom. The lowest BCUT2D eigenvalue weighted by Gasteiger charge is -2.41. The lowest BCUT2D eigenvalue weighted by atomic mass is 10.0. The van der Waals surface area contributed by atoms with Crippen LogP contribution in [0.5, 0.6) is 0 Å². The zero-order valence-electron chi connectivity index (χ0n) is 13.6. The van der Waals surface area contributed by atoms with Crippen molar-refractivity contribution in [3.8, 4) is 5.69 Å². The Labute approximate surface area is 135 Å². The Kier molecular flexibility index (Phi) is 4.12. The van der Waals surface area contributed by atoms with Crippen LogP contribution in [0.1, 0.15) is 26.3 Å². The largest absolute Gasteiger partial charge is 0.369 e. The van der Waals surface area contributed by atoms with E-state index in [1.807, 2.05) is 49.9 Å². The van der Waals surface area contributed by atoms with E-state index in [2.05, 4.69) is 15.5 Å². The average molecular weight is 315 g/mol. The van der Waals surface area contributed by atoms with Crippen molar-refractivity contribution in [2.24, 2.45) is 0 Å². The van der Waals surface area contributed by atoms with Crippen molar-refractivity contribution in [2.75, 3.05) is 13.1 Å². The van der Waals surface area contributed by atoms with Gasteiger partial charge in [-0.3, -0.25) is 4.79 Å². The van der Waals surface area contributed by atoms with Crippen molar-refractivity contribution < 1.29 is 9.53 Å². The quantitative estimate of drug-likeness (QED) is 0.852. The predicted octanol–water partition coefficient (Wildman–Crippen LogP) is 1.23. The molecule has 0 unspecified atom stereocenters. The van der Waals surface area contributed by atoms with Crippen LogP contribution in [0.3, 0.4) is 0 Å². The first-order valence-electron chi connectivity index (χ1n) is 7.71. The molecule has 1 aliphatic rings. The van der Waals surface area contributed by atoms with E-state index in [0.29, 0.717) is 19.5 Å². The molecule has 7 nitrogen and oxygen atoms in total. The van der Waals surface area contributed by atoms with Crippen LogP contribution in [0.4, 0.5) is 0 Å². The fourth-order valence-corrected chi connectivity index (χ4v) is 2.98. The van der Waals surface area contributed by atoms with Crippen molar-refractivity contribution in [3.05, 3.63) is 36.2 Å². The Morgan fingerprint density at radius 1 is 1.35 bits per heavy atom. The maximum absolute atomic E-state index is 12.5. The van der Waals surface area contributed by atoms with E-state index in [4.69, 9.17) is 4.74 Å². The number of aromatic nitrogens is 4. The number of carbonyl (C=O) groups excluding carboxylic acids is 1. The third-order valence-corrected chi connectivity index (χ3v) is 3.83. The van der Waals surface area contributed by atoms with Gasteiger partial charge in [0.15, 0.2) is 0 Å². The topological polar surface area (TPSA) is 73.1 Å². The number of amides is 1. The minimum absolute atomic E-state index is 0.0601. The van der Waals surface area contributed by atoms with E-state index in [1.165, 1.54) is 6.33 Å². The Hall–Kier alpha value is -2.28. The highest BCUT2D eigenvalue weighted by Gasteiger charge is 2.33. The van der Waals surface area contributed by atoms with Gasteiger partial charge in [-0.15, -0.1) is 5.10 Å². The second-order valence-electron chi connectivity index (χ2n) is 6.56. The molecule has 0 aliphatic carbocycles. The van der Waals surface area contributed by atoms with Crippen LogP contribution in [-0.4, -0.2) is 55.8 Å². The molecule has 2 heterocycles. The zero-order chi connectivity index (χ0) is 16.4. The van der Waals surface area contributed by atoms with Crippen LogP contribution >= 0.6 is 0 Å². The van der Waals surface area contributed by atoms with E-state index in [9.17, 15) is 4.79 Å². The minimum Gasteiger partial charge on any atom is -0.369 e. The van der Waals surface area contributed by atoms with Gasteiger partial charge in [0.1, 0.15) is 6.33 Å². The highest BCUT2D eigenvalue weighted by Crippen LogP contribution is 2.21. The molecule has 1 saturated heterocycles. The summed E-state index contributed by atoms with van der Waals surface area (Å²) in [7, 11) is 0. The highest BCUT2D eigenvalue weighted by atomic mass is 16.5. The molecule has 7 heteroatoms. The van der Waals surface area contributed by atoms with Crippen LogP contribution in [0.2, 0.25) is 0 Å². The van der Waals surface area contributed by atoms with Gasteiger partial charge in [-0.2, -0.15) is 0 Å². The summed E-state index contributed by atoms with van der Waals surface area (Å²) in [5.41, 5.74) is 1.55. The molecular weight excluding hydrogens is 294 g/mol. The van der Waals surface area contributed by atoms with Gasteiger partial charge in [-0.05, 0) is 48.9 Å². The lowest BCUT2D eigenvalue weighted by Crippen LogP contribution is -2.54.